The Kier molecular flexibility index (Phi) is 10.6. The summed E-state index contributed by atoms with van der Waals surface area (Å²) in [5.74, 6) is -4.98. The minimum absolute atomic E-state index is 0.0265. The molecule has 1 aliphatic carbocycles. The number of carboxylic acid groups (broad SMARTS) is 2. The molecule has 0 aromatic heterocycles. The van der Waals surface area contributed by atoms with Gasteiger partial charge in [-0.15, -0.1) is 0 Å². The molecule has 0 unspecified atom stereocenters. The molecule has 36 heavy (non-hydrogen) atoms. The Bertz CT molecular complexity index is 787. The van der Waals surface area contributed by atoms with Gasteiger partial charge in [-0.25, -0.2) is 9.59 Å². The number of halogens is 9. The van der Waals surface area contributed by atoms with E-state index < -0.39 is 42.4 Å². The molecule has 2 fully saturated rings. The smallest absolute Gasteiger partial charge is 0.475 e. The number of amidine groups is 1. The number of hydrogen-bond acceptors (Lipinski definition) is 5. The zero-order valence-electron chi connectivity index (χ0n) is 18.5. The molecule has 8 nitrogen and oxygen atoms in total. The van der Waals surface area contributed by atoms with E-state index in [2.05, 4.69) is 15.6 Å². The van der Waals surface area contributed by atoms with Crippen LogP contribution in [0.15, 0.2) is 4.99 Å². The Morgan fingerprint density at radius 3 is 1.64 bits per heavy atom. The molecule has 2 heterocycles. The fourth-order valence-corrected chi connectivity index (χ4v) is 3.88. The van der Waals surface area contributed by atoms with E-state index in [-0.39, 0.29) is 17.7 Å². The lowest BCUT2D eigenvalue weighted by Gasteiger charge is -2.29. The summed E-state index contributed by atoms with van der Waals surface area (Å²) in [5.41, 5.74) is -0.622. The number of carboxylic acids is 2. The van der Waals surface area contributed by atoms with Crippen molar-refractivity contribution in [1.29, 1.82) is 0 Å². The second kappa shape index (κ2) is 12.1. The fraction of sp³-hybridized carbons (Fsp3) is 0.789. The van der Waals surface area contributed by atoms with Crippen molar-refractivity contribution in [1.82, 2.24) is 10.6 Å². The lowest BCUT2D eigenvalue weighted by molar-refractivity contribution is -0.193. The number of nitrogens with zero attached hydrogens (tertiary/aromatic N) is 1. The minimum atomic E-state index is -5.08. The highest BCUT2D eigenvalue weighted by Gasteiger charge is 2.46. The molecular formula is C19H24F9N3O5. The van der Waals surface area contributed by atoms with Crippen LogP contribution in [0.2, 0.25) is 0 Å². The Balaban J connectivity index is 0.000000383. The monoisotopic (exact) mass is 545 g/mol. The summed E-state index contributed by atoms with van der Waals surface area (Å²) in [5, 5.41) is 20.4. The number of alkyl halides is 9. The molecular weight excluding hydrogens is 521 g/mol. The molecule has 3 rings (SSSR count). The normalized spacial score (nSPS) is 23.9. The van der Waals surface area contributed by atoms with E-state index >= 15 is 0 Å². The van der Waals surface area contributed by atoms with Crippen molar-refractivity contribution in [2.75, 3.05) is 13.1 Å². The third kappa shape index (κ3) is 10.2. The predicted molar refractivity (Wildman–Crippen MR) is 104 cm³/mol. The van der Waals surface area contributed by atoms with Crippen LogP contribution in [0.5, 0.6) is 0 Å². The van der Waals surface area contributed by atoms with Gasteiger partial charge in [0.2, 0.25) is 0 Å². The SMILES string of the molecule is O=C(O)C(F)(F)F.O=C(O)C(F)(F)F.O=C1NC(C2CCC(CC(F)(F)F)CC2)=NC12CCNCC2. The minimum Gasteiger partial charge on any atom is -0.475 e. The molecule has 1 amide bonds. The van der Waals surface area contributed by atoms with Crippen LogP contribution in [0.4, 0.5) is 39.5 Å². The van der Waals surface area contributed by atoms with Crippen molar-refractivity contribution in [3.05, 3.63) is 0 Å². The molecule has 208 valence electrons. The first-order chi connectivity index (χ1) is 16.3. The average molecular weight is 545 g/mol. The molecule has 2 aliphatic heterocycles. The van der Waals surface area contributed by atoms with Crippen molar-refractivity contribution in [2.45, 2.75) is 69.0 Å². The number of nitrogens with one attached hydrogen (secondary N) is 2. The van der Waals surface area contributed by atoms with Gasteiger partial charge in [-0.2, -0.15) is 39.5 Å². The van der Waals surface area contributed by atoms with Gasteiger partial charge in [0.1, 0.15) is 11.4 Å². The molecule has 0 bridgehead atoms. The van der Waals surface area contributed by atoms with Gasteiger partial charge in [0, 0.05) is 12.3 Å². The highest BCUT2D eigenvalue weighted by Crippen LogP contribution is 2.38. The van der Waals surface area contributed by atoms with Crippen LogP contribution >= 0.6 is 0 Å². The number of carbonyl (C=O) groups is 3. The van der Waals surface area contributed by atoms with E-state index in [0.29, 0.717) is 38.5 Å². The highest BCUT2D eigenvalue weighted by molar-refractivity contribution is 6.09. The highest BCUT2D eigenvalue weighted by atomic mass is 19.4. The summed E-state index contributed by atoms with van der Waals surface area (Å²) in [6.45, 7) is 1.56. The quantitative estimate of drug-likeness (QED) is 0.393. The summed E-state index contributed by atoms with van der Waals surface area (Å²) in [6.07, 6.45) is -11.0. The number of aliphatic carboxylic acids is 2. The first kappa shape index (κ1) is 31.4. The number of hydrogen-bond donors (Lipinski definition) is 4. The molecule has 3 aliphatic rings. The number of carbonyl (C=O) groups excluding carboxylic acids is 1. The van der Waals surface area contributed by atoms with Gasteiger partial charge in [-0.05, 0) is 57.5 Å². The second-order valence-electron chi connectivity index (χ2n) is 8.38. The van der Waals surface area contributed by atoms with E-state index in [9.17, 15) is 44.3 Å². The first-order valence-electron chi connectivity index (χ1n) is 10.6. The van der Waals surface area contributed by atoms with E-state index in [4.69, 9.17) is 19.8 Å². The number of amides is 1. The van der Waals surface area contributed by atoms with Gasteiger partial charge in [-0.3, -0.25) is 9.79 Å². The van der Waals surface area contributed by atoms with E-state index in [1.165, 1.54) is 0 Å². The summed E-state index contributed by atoms with van der Waals surface area (Å²) in [4.78, 5) is 34.7. The fourth-order valence-electron chi connectivity index (χ4n) is 3.88. The Morgan fingerprint density at radius 2 is 1.28 bits per heavy atom. The van der Waals surface area contributed by atoms with Gasteiger partial charge < -0.3 is 20.8 Å². The van der Waals surface area contributed by atoms with Crippen molar-refractivity contribution in [3.8, 4) is 0 Å². The second-order valence-corrected chi connectivity index (χ2v) is 8.38. The summed E-state index contributed by atoms with van der Waals surface area (Å²) >= 11 is 0. The molecule has 0 atom stereocenters. The Morgan fingerprint density at radius 1 is 0.861 bits per heavy atom. The Labute approximate surface area is 198 Å². The van der Waals surface area contributed by atoms with E-state index in [0.717, 1.165) is 18.9 Å². The van der Waals surface area contributed by atoms with Crippen molar-refractivity contribution < 1.29 is 64.1 Å². The predicted octanol–water partition coefficient (Wildman–Crippen LogP) is 3.66. The third-order valence-corrected chi connectivity index (χ3v) is 5.67. The van der Waals surface area contributed by atoms with Crippen LogP contribution in [0, 0.1) is 11.8 Å². The van der Waals surface area contributed by atoms with Crippen LogP contribution in [-0.2, 0) is 14.4 Å². The molecule has 1 spiro atoms. The average Bonchev–Trinajstić information content (AvgIpc) is 3.03. The third-order valence-electron chi connectivity index (χ3n) is 5.67. The van der Waals surface area contributed by atoms with Gasteiger partial charge in [-0.1, -0.05) is 0 Å². The first-order valence-corrected chi connectivity index (χ1v) is 10.6. The van der Waals surface area contributed by atoms with Crippen LogP contribution in [0.3, 0.4) is 0 Å². The zero-order valence-corrected chi connectivity index (χ0v) is 18.5. The summed E-state index contributed by atoms with van der Waals surface area (Å²) in [6, 6.07) is 0. The van der Waals surface area contributed by atoms with E-state index in [1.54, 1.807) is 0 Å². The van der Waals surface area contributed by atoms with Gasteiger partial charge in [0.05, 0.1) is 0 Å². The number of rotatable bonds is 2. The maximum Gasteiger partial charge on any atom is 0.490 e. The standard InChI is InChI=1S/C15H22F3N3O.2C2HF3O2/c16-15(17,18)9-10-1-3-11(4-2-10)12-20-13(22)14(21-12)5-7-19-8-6-14;2*3-2(4,5)1(6)7/h10-11,19H,1-9H2,(H,20,21,22);2*(H,6,7). The largest absolute Gasteiger partial charge is 0.490 e. The molecule has 0 radical (unpaired) electrons. The summed E-state index contributed by atoms with van der Waals surface area (Å²) in [7, 11) is 0. The summed E-state index contributed by atoms with van der Waals surface area (Å²) < 4.78 is 101. The molecule has 1 saturated carbocycles. The van der Waals surface area contributed by atoms with Crippen LogP contribution in [0.25, 0.3) is 0 Å². The van der Waals surface area contributed by atoms with E-state index in [1.807, 2.05) is 0 Å². The maximum atomic E-state index is 12.4. The van der Waals surface area contributed by atoms with Crippen molar-refractivity contribution in [2.24, 2.45) is 16.8 Å². The van der Waals surface area contributed by atoms with Crippen LogP contribution in [-0.4, -0.2) is 71.1 Å². The zero-order chi connectivity index (χ0) is 27.9. The molecule has 1 saturated heterocycles. The van der Waals surface area contributed by atoms with Crippen molar-refractivity contribution >= 4 is 23.7 Å². The maximum absolute atomic E-state index is 12.4. The lowest BCUT2D eigenvalue weighted by Crippen LogP contribution is -2.47. The molecule has 0 aromatic carbocycles. The topological polar surface area (TPSA) is 128 Å². The van der Waals surface area contributed by atoms with Gasteiger partial charge in [0.15, 0.2) is 0 Å². The number of piperidine rings is 1. The molecule has 17 heteroatoms. The molecule has 4 N–H and O–H groups in total. The van der Waals surface area contributed by atoms with Gasteiger partial charge in [0.25, 0.3) is 5.91 Å². The van der Waals surface area contributed by atoms with Gasteiger partial charge >= 0.3 is 30.5 Å². The van der Waals surface area contributed by atoms with Crippen LogP contribution in [0.1, 0.15) is 44.9 Å². The lowest BCUT2D eigenvalue weighted by atomic mass is 9.80. The number of aliphatic imine (C=N–C) groups is 1. The van der Waals surface area contributed by atoms with Crippen molar-refractivity contribution in [3.63, 3.8) is 0 Å². The Hall–Kier alpha value is -2.59. The van der Waals surface area contributed by atoms with Crippen LogP contribution < -0.4 is 10.6 Å². The molecule has 0 aromatic rings.